The molecule has 1 N–H and O–H groups in total. The summed E-state index contributed by atoms with van der Waals surface area (Å²) in [5.74, 6) is -0.245. The quantitative estimate of drug-likeness (QED) is 0.530. The summed E-state index contributed by atoms with van der Waals surface area (Å²) in [7, 11) is 4.60. The van der Waals surface area contributed by atoms with Crippen LogP contribution < -0.4 is 0 Å². The maximum atomic E-state index is 9.59. The number of esters is 1. The van der Waals surface area contributed by atoms with Gasteiger partial charge in [-0.1, -0.05) is 0 Å². The predicted octanol–water partition coefficient (Wildman–Crippen LogP) is 0.440. The van der Waals surface area contributed by atoms with E-state index in [-0.39, 0.29) is 12.6 Å². The summed E-state index contributed by atoms with van der Waals surface area (Å²) in [5.41, 5.74) is 0. The van der Waals surface area contributed by atoms with Crippen LogP contribution in [0.1, 0.15) is 13.8 Å². The van der Waals surface area contributed by atoms with Gasteiger partial charge in [0.05, 0.1) is 7.11 Å². The van der Waals surface area contributed by atoms with Crippen LogP contribution in [0.15, 0.2) is 0 Å². The number of ether oxygens (including phenoxy) is 2. The standard InChI is InChI=1S/C3H6O2.2C2H6O/c1-3(4)5-2;1-3-2;1-2-3/h1-2H3;1-2H3;3H,2H2,1H3. The van der Waals surface area contributed by atoms with Crippen LogP contribution >= 0.6 is 0 Å². The molecule has 0 aliphatic rings. The largest absolute Gasteiger partial charge is 0.469 e. The van der Waals surface area contributed by atoms with E-state index in [9.17, 15) is 4.79 Å². The van der Waals surface area contributed by atoms with Crippen LogP contribution in [0.25, 0.3) is 0 Å². The van der Waals surface area contributed by atoms with Crippen molar-refractivity contribution in [1.82, 2.24) is 0 Å². The predicted molar refractivity (Wildman–Crippen MR) is 43.4 cm³/mol. The second kappa shape index (κ2) is 22.8. The van der Waals surface area contributed by atoms with E-state index in [1.807, 2.05) is 0 Å². The van der Waals surface area contributed by atoms with E-state index < -0.39 is 0 Å². The third-order valence-electron chi connectivity index (χ3n) is 0.287. The molecule has 0 atom stereocenters. The molecule has 0 aliphatic carbocycles. The fourth-order valence-corrected chi connectivity index (χ4v) is 0. The van der Waals surface area contributed by atoms with E-state index in [1.54, 1.807) is 21.1 Å². The lowest BCUT2D eigenvalue weighted by molar-refractivity contribution is -0.137. The third kappa shape index (κ3) is 265. The van der Waals surface area contributed by atoms with Gasteiger partial charge >= 0.3 is 5.97 Å². The van der Waals surface area contributed by atoms with Gasteiger partial charge in [-0.05, 0) is 6.92 Å². The van der Waals surface area contributed by atoms with E-state index in [2.05, 4.69) is 9.47 Å². The summed E-state index contributed by atoms with van der Waals surface area (Å²) in [4.78, 5) is 9.59. The van der Waals surface area contributed by atoms with Crippen molar-refractivity contribution in [2.24, 2.45) is 0 Å². The van der Waals surface area contributed by atoms with Gasteiger partial charge in [-0.3, -0.25) is 4.79 Å². The highest BCUT2D eigenvalue weighted by Gasteiger charge is 1.75. The van der Waals surface area contributed by atoms with Crippen molar-refractivity contribution < 1.29 is 19.4 Å². The Labute approximate surface area is 68.1 Å². The number of hydrogen-bond acceptors (Lipinski definition) is 4. The molecule has 0 amide bonds. The van der Waals surface area contributed by atoms with Crippen molar-refractivity contribution in [3.05, 3.63) is 0 Å². The second-order valence-electron chi connectivity index (χ2n) is 1.42. The van der Waals surface area contributed by atoms with E-state index >= 15 is 0 Å². The van der Waals surface area contributed by atoms with E-state index in [0.717, 1.165) is 0 Å². The van der Waals surface area contributed by atoms with Gasteiger partial charge in [-0.2, -0.15) is 0 Å². The SMILES string of the molecule is CCO.COC.COC(C)=O. The lowest BCUT2D eigenvalue weighted by atomic mass is 10.8. The minimum absolute atomic E-state index is 0.245. The van der Waals surface area contributed by atoms with Crippen molar-refractivity contribution in [1.29, 1.82) is 0 Å². The molecular formula is C7H18O4. The smallest absolute Gasteiger partial charge is 0.302 e. The van der Waals surface area contributed by atoms with Crippen molar-refractivity contribution in [3.8, 4) is 0 Å². The molecule has 0 aliphatic heterocycles. The molecule has 0 rings (SSSR count). The van der Waals surface area contributed by atoms with Gasteiger partial charge in [0.15, 0.2) is 0 Å². The fourth-order valence-electron chi connectivity index (χ4n) is 0. The first-order valence-corrected chi connectivity index (χ1v) is 3.16. The molecule has 11 heavy (non-hydrogen) atoms. The summed E-state index contributed by atoms with van der Waals surface area (Å²) in [6.45, 7) is 3.29. The summed E-state index contributed by atoms with van der Waals surface area (Å²) >= 11 is 0. The Kier molecular flexibility index (Phi) is 34.7. The van der Waals surface area contributed by atoms with Crippen LogP contribution in [0.3, 0.4) is 0 Å². The second-order valence-corrected chi connectivity index (χ2v) is 1.42. The Bertz CT molecular complexity index is 61.5. The Hall–Kier alpha value is -0.610. The molecule has 0 aromatic carbocycles. The number of aliphatic hydroxyl groups excluding tert-OH is 1. The molecule has 0 radical (unpaired) electrons. The van der Waals surface area contributed by atoms with Crippen molar-refractivity contribution in [3.63, 3.8) is 0 Å². The van der Waals surface area contributed by atoms with Crippen LogP contribution in [0.2, 0.25) is 0 Å². The summed E-state index contributed by atoms with van der Waals surface area (Å²) in [6, 6.07) is 0. The molecule has 0 spiro atoms. The molecule has 4 nitrogen and oxygen atoms in total. The molecule has 0 saturated heterocycles. The highest BCUT2D eigenvalue weighted by Crippen LogP contribution is 1.60. The number of rotatable bonds is 0. The molecule has 4 heteroatoms. The first-order chi connectivity index (χ1) is 5.10. The molecule has 0 bridgehead atoms. The molecule has 0 aromatic heterocycles. The van der Waals surface area contributed by atoms with Gasteiger partial charge in [-0.15, -0.1) is 0 Å². The molecule has 0 unspecified atom stereocenters. The molecule has 0 aromatic rings. The lowest BCUT2D eigenvalue weighted by Gasteiger charge is -1.80. The number of carbonyl (C=O) groups is 1. The van der Waals surface area contributed by atoms with Gasteiger partial charge < -0.3 is 14.6 Å². The molecule has 0 fully saturated rings. The van der Waals surface area contributed by atoms with Crippen LogP contribution in [0.5, 0.6) is 0 Å². The zero-order valence-corrected chi connectivity index (χ0v) is 7.88. The normalized spacial score (nSPS) is 6.36. The first kappa shape index (κ1) is 16.8. The third-order valence-corrected chi connectivity index (χ3v) is 0.287. The average molecular weight is 166 g/mol. The highest BCUT2D eigenvalue weighted by molar-refractivity contribution is 5.65. The monoisotopic (exact) mass is 166 g/mol. The Balaban J connectivity index is -0.0000000933. The number of carbonyl (C=O) groups excluding carboxylic acids is 1. The number of aliphatic hydroxyl groups is 1. The Morgan fingerprint density at radius 1 is 1.36 bits per heavy atom. The summed E-state index contributed by atoms with van der Waals surface area (Å²) < 4.78 is 8.36. The van der Waals surface area contributed by atoms with Gasteiger partial charge in [-0.25, -0.2) is 0 Å². The average Bonchev–Trinajstić information content (AvgIpc) is 1.91. The maximum Gasteiger partial charge on any atom is 0.302 e. The van der Waals surface area contributed by atoms with Crippen LogP contribution in [0, 0.1) is 0 Å². The lowest BCUT2D eigenvalue weighted by Crippen LogP contribution is -1.88. The van der Waals surface area contributed by atoms with Gasteiger partial charge in [0.1, 0.15) is 0 Å². The first-order valence-electron chi connectivity index (χ1n) is 3.16. The maximum absolute atomic E-state index is 9.59. The van der Waals surface area contributed by atoms with E-state index in [0.29, 0.717) is 0 Å². The zero-order chi connectivity index (χ0) is 9.70. The molecule has 0 saturated carbocycles. The zero-order valence-electron chi connectivity index (χ0n) is 7.88. The van der Waals surface area contributed by atoms with E-state index in [1.165, 1.54) is 14.0 Å². The fraction of sp³-hybridized carbons (Fsp3) is 0.857. The summed E-state index contributed by atoms with van der Waals surface area (Å²) in [6.07, 6.45) is 0. The van der Waals surface area contributed by atoms with Crippen LogP contribution in [0.4, 0.5) is 0 Å². The van der Waals surface area contributed by atoms with Crippen LogP contribution in [-0.2, 0) is 14.3 Å². The van der Waals surface area contributed by atoms with Gasteiger partial charge in [0.25, 0.3) is 0 Å². The van der Waals surface area contributed by atoms with Crippen molar-refractivity contribution >= 4 is 5.97 Å². The number of hydrogen-bond donors (Lipinski definition) is 1. The van der Waals surface area contributed by atoms with Crippen molar-refractivity contribution in [2.75, 3.05) is 27.9 Å². The topological polar surface area (TPSA) is 55.8 Å². The Morgan fingerprint density at radius 2 is 1.45 bits per heavy atom. The van der Waals surface area contributed by atoms with Crippen molar-refractivity contribution in [2.45, 2.75) is 13.8 Å². The molecule has 0 heterocycles. The highest BCUT2D eigenvalue weighted by atomic mass is 16.5. The molecular weight excluding hydrogens is 148 g/mol. The van der Waals surface area contributed by atoms with Gasteiger partial charge in [0.2, 0.25) is 0 Å². The minimum atomic E-state index is -0.245. The minimum Gasteiger partial charge on any atom is -0.469 e. The van der Waals surface area contributed by atoms with Crippen LogP contribution in [-0.4, -0.2) is 39.0 Å². The number of methoxy groups -OCH3 is 2. The molecule has 70 valence electrons. The Morgan fingerprint density at radius 3 is 1.45 bits per heavy atom. The van der Waals surface area contributed by atoms with E-state index in [4.69, 9.17) is 5.11 Å². The summed E-state index contributed by atoms with van der Waals surface area (Å²) in [5, 5.41) is 7.57. The van der Waals surface area contributed by atoms with Gasteiger partial charge in [0, 0.05) is 27.8 Å².